The monoisotopic (exact) mass is 152 g/mol. The third-order valence-corrected chi connectivity index (χ3v) is 1.20. The number of hydrogen-bond donors (Lipinski definition) is 2. The summed E-state index contributed by atoms with van der Waals surface area (Å²) in [6.07, 6.45) is 1.25. The van der Waals surface area contributed by atoms with Gasteiger partial charge in [-0.25, -0.2) is 4.98 Å². The van der Waals surface area contributed by atoms with Crippen LogP contribution in [-0.4, -0.2) is 28.8 Å². The lowest BCUT2D eigenvalue weighted by Gasteiger charge is -2.02. The van der Waals surface area contributed by atoms with Crippen LogP contribution >= 0.6 is 0 Å². The molecule has 5 nitrogen and oxygen atoms in total. The number of rotatable bonds is 2. The molecular weight excluding hydrogens is 144 g/mol. The van der Waals surface area contributed by atoms with Crippen LogP contribution in [-0.2, 0) is 0 Å². The lowest BCUT2D eigenvalue weighted by atomic mass is 10.4. The van der Waals surface area contributed by atoms with Gasteiger partial charge in [-0.15, -0.1) is 0 Å². The number of hydrogen-bond acceptors (Lipinski definition) is 5. The average Bonchev–Trinajstić information content (AvgIpc) is 2.04. The van der Waals surface area contributed by atoms with E-state index in [0.29, 0.717) is 5.82 Å². The van der Waals surface area contributed by atoms with Gasteiger partial charge in [0, 0.05) is 7.05 Å². The Morgan fingerprint density at radius 3 is 2.82 bits per heavy atom. The van der Waals surface area contributed by atoms with Gasteiger partial charge in [0.25, 0.3) is 0 Å². The first-order chi connectivity index (χ1) is 5.29. The van der Waals surface area contributed by atoms with Crippen LogP contribution in [0.15, 0.2) is 11.3 Å². The van der Waals surface area contributed by atoms with E-state index in [0.717, 1.165) is 0 Å². The number of nitrogens with one attached hydrogen (secondary N) is 1. The van der Waals surface area contributed by atoms with Gasteiger partial charge in [0.2, 0.25) is 5.88 Å². The summed E-state index contributed by atoms with van der Waals surface area (Å²) in [5.41, 5.74) is 0.273. The lowest BCUT2D eigenvalue weighted by Crippen LogP contribution is -1.93. The molecule has 1 rings (SSSR count). The minimum Gasteiger partial charge on any atom is -0.492 e. The summed E-state index contributed by atoms with van der Waals surface area (Å²) in [7, 11) is 1.68. The Labute approximate surface area is 63.8 Å². The van der Waals surface area contributed by atoms with Gasteiger partial charge in [-0.1, -0.05) is 0 Å². The van der Waals surface area contributed by atoms with Crippen molar-refractivity contribution < 1.29 is 5.11 Å². The molecule has 11 heavy (non-hydrogen) atoms. The SMILES string of the molecule is C=Nc1c(O)ncnc1NC. The van der Waals surface area contributed by atoms with Crippen molar-refractivity contribution >= 4 is 18.2 Å². The molecule has 2 N–H and O–H groups in total. The first-order valence-electron chi connectivity index (χ1n) is 2.98. The second-order valence-corrected chi connectivity index (χ2v) is 1.80. The van der Waals surface area contributed by atoms with Crippen molar-refractivity contribution in [3.63, 3.8) is 0 Å². The summed E-state index contributed by atoms with van der Waals surface area (Å²) in [4.78, 5) is 10.9. The average molecular weight is 152 g/mol. The zero-order chi connectivity index (χ0) is 8.27. The summed E-state index contributed by atoms with van der Waals surface area (Å²) in [5.74, 6) is 0.298. The topological polar surface area (TPSA) is 70.4 Å². The Morgan fingerprint density at radius 2 is 2.36 bits per heavy atom. The smallest absolute Gasteiger partial charge is 0.242 e. The van der Waals surface area contributed by atoms with E-state index in [2.05, 4.69) is 27.0 Å². The molecule has 0 atom stereocenters. The van der Waals surface area contributed by atoms with E-state index in [4.69, 9.17) is 5.11 Å². The van der Waals surface area contributed by atoms with Crippen LogP contribution in [0.2, 0.25) is 0 Å². The van der Waals surface area contributed by atoms with E-state index in [1.165, 1.54) is 6.33 Å². The minimum absolute atomic E-state index is 0.167. The number of aliphatic imine (C=N–C) groups is 1. The van der Waals surface area contributed by atoms with Crippen LogP contribution < -0.4 is 5.32 Å². The fourth-order valence-corrected chi connectivity index (χ4v) is 0.698. The molecule has 1 aromatic heterocycles. The Bertz CT molecular complexity index is 273. The zero-order valence-electron chi connectivity index (χ0n) is 6.07. The molecule has 0 aliphatic carbocycles. The Morgan fingerprint density at radius 1 is 1.64 bits per heavy atom. The van der Waals surface area contributed by atoms with Gasteiger partial charge in [0.15, 0.2) is 11.5 Å². The molecule has 0 fully saturated rings. The standard InChI is InChI=1S/C6H8N4O/c1-7-4-5(8-2)9-3-10-6(4)11/h3H,1H2,2H3,(H2,8,9,10,11). The second kappa shape index (κ2) is 2.96. The van der Waals surface area contributed by atoms with Crippen LogP contribution in [0, 0.1) is 0 Å². The van der Waals surface area contributed by atoms with Gasteiger partial charge in [-0.05, 0) is 6.72 Å². The van der Waals surface area contributed by atoms with Gasteiger partial charge in [-0.3, -0.25) is 4.99 Å². The van der Waals surface area contributed by atoms with E-state index >= 15 is 0 Å². The molecule has 1 heterocycles. The van der Waals surface area contributed by atoms with E-state index in [1.54, 1.807) is 7.05 Å². The molecule has 0 unspecified atom stereocenters. The predicted molar refractivity (Wildman–Crippen MR) is 42.5 cm³/mol. The first-order valence-corrected chi connectivity index (χ1v) is 2.98. The van der Waals surface area contributed by atoms with Crippen molar-refractivity contribution in [1.82, 2.24) is 9.97 Å². The van der Waals surface area contributed by atoms with E-state index < -0.39 is 0 Å². The molecule has 0 saturated carbocycles. The number of aromatic nitrogens is 2. The highest BCUT2D eigenvalue weighted by molar-refractivity contribution is 5.67. The Kier molecular flexibility index (Phi) is 2.00. The van der Waals surface area contributed by atoms with Crippen molar-refractivity contribution in [2.24, 2.45) is 4.99 Å². The van der Waals surface area contributed by atoms with Crippen LogP contribution in [0.4, 0.5) is 11.5 Å². The third kappa shape index (κ3) is 1.26. The zero-order valence-corrected chi connectivity index (χ0v) is 6.07. The van der Waals surface area contributed by atoms with Crippen LogP contribution in [0.3, 0.4) is 0 Å². The summed E-state index contributed by atoms with van der Waals surface area (Å²) < 4.78 is 0. The van der Waals surface area contributed by atoms with Crippen LogP contribution in [0.1, 0.15) is 0 Å². The maximum absolute atomic E-state index is 9.10. The van der Waals surface area contributed by atoms with Crippen molar-refractivity contribution in [2.45, 2.75) is 0 Å². The maximum Gasteiger partial charge on any atom is 0.242 e. The van der Waals surface area contributed by atoms with E-state index in [9.17, 15) is 0 Å². The number of aromatic hydroxyl groups is 1. The number of nitrogens with zero attached hydrogens (tertiary/aromatic N) is 3. The van der Waals surface area contributed by atoms with E-state index in [-0.39, 0.29) is 11.6 Å². The molecule has 0 bridgehead atoms. The molecule has 0 amide bonds. The van der Waals surface area contributed by atoms with Crippen LogP contribution in [0.25, 0.3) is 0 Å². The molecule has 0 spiro atoms. The fraction of sp³-hybridized carbons (Fsp3) is 0.167. The molecule has 5 heteroatoms. The highest BCUT2D eigenvalue weighted by Crippen LogP contribution is 2.28. The molecule has 0 aromatic carbocycles. The Hall–Kier alpha value is -1.65. The molecule has 1 aromatic rings. The van der Waals surface area contributed by atoms with Crippen molar-refractivity contribution in [2.75, 3.05) is 12.4 Å². The van der Waals surface area contributed by atoms with Gasteiger partial charge in [0.1, 0.15) is 6.33 Å². The highest BCUT2D eigenvalue weighted by Gasteiger charge is 2.05. The molecule has 0 aliphatic rings. The predicted octanol–water partition coefficient (Wildman–Crippen LogP) is 0.556. The van der Waals surface area contributed by atoms with Crippen molar-refractivity contribution in [3.05, 3.63) is 6.33 Å². The summed E-state index contributed by atoms with van der Waals surface area (Å²) >= 11 is 0. The minimum atomic E-state index is -0.167. The Balaban J connectivity index is 3.24. The summed E-state index contributed by atoms with van der Waals surface area (Å²) in [5, 5.41) is 11.8. The van der Waals surface area contributed by atoms with Gasteiger partial charge in [0.05, 0.1) is 0 Å². The lowest BCUT2D eigenvalue weighted by molar-refractivity contribution is 0.454. The third-order valence-electron chi connectivity index (χ3n) is 1.20. The van der Waals surface area contributed by atoms with E-state index in [1.807, 2.05) is 0 Å². The maximum atomic E-state index is 9.10. The largest absolute Gasteiger partial charge is 0.492 e. The quantitative estimate of drug-likeness (QED) is 0.607. The molecule has 0 aliphatic heterocycles. The molecule has 58 valence electrons. The van der Waals surface area contributed by atoms with Crippen molar-refractivity contribution in [3.8, 4) is 5.88 Å². The van der Waals surface area contributed by atoms with Gasteiger partial charge >= 0.3 is 0 Å². The second-order valence-electron chi connectivity index (χ2n) is 1.80. The van der Waals surface area contributed by atoms with Gasteiger partial charge in [-0.2, -0.15) is 4.98 Å². The molecule has 0 radical (unpaired) electrons. The molecule has 0 saturated heterocycles. The summed E-state index contributed by atoms with van der Waals surface area (Å²) in [6, 6.07) is 0. The summed E-state index contributed by atoms with van der Waals surface area (Å²) in [6.45, 7) is 3.27. The normalized spacial score (nSPS) is 9.18. The first kappa shape index (κ1) is 7.46. The van der Waals surface area contributed by atoms with Crippen LogP contribution in [0.5, 0.6) is 5.88 Å². The van der Waals surface area contributed by atoms with Crippen molar-refractivity contribution in [1.29, 1.82) is 0 Å². The molecular formula is C6H8N4O. The fourth-order valence-electron chi connectivity index (χ4n) is 0.698. The number of anilines is 1. The highest BCUT2D eigenvalue weighted by atomic mass is 16.3. The van der Waals surface area contributed by atoms with Gasteiger partial charge < -0.3 is 10.4 Å².